The van der Waals surface area contributed by atoms with Crippen molar-refractivity contribution >= 4 is 22.7 Å². The van der Waals surface area contributed by atoms with Gasteiger partial charge in [-0.1, -0.05) is 49.7 Å². The number of Topliss-reactive ketones (excluding diaryl/α,β-unsaturated/α-hetero) is 1. The summed E-state index contributed by atoms with van der Waals surface area (Å²) in [5, 5.41) is 2.86. The number of amides is 1. The highest BCUT2D eigenvalue weighted by molar-refractivity contribution is 5.98. The number of carbonyl (C=O) groups is 2. The number of fused-ring (bicyclic) bond motifs is 1. The second kappa shape index (κ2) is 8.62. The Labute approximate surface area is 159 Å². The third-order valence-electron chi connectivity index (χ3n) is 4.72. The fraction of sp³-hybridized carbons (Fsp3) is 0.318. The smallest absolute Gasteiger partial charge is 0.220 e. The summed E-state index contributed by atoms with van der Waals surface area (Å²) >= 11 is 0. The second-order valence-electron chi connectivity index (χ2n) is 6.72. The van der Waals surface area contributed by atoms with Gasteiger partial charge in [0.25, 0.3) is 0 Å². The number of aryl methyl sites for hydroxylation is 2. The van der Waals surface area contributed by atoms with Crippen LogP contribution in [0.15, 0.2) is 48.5 Å². The summed E-state index contributed by atoms with van der Waals surface area (Å²) < 4.78 is 1.97. The van der Waals surface area contributed by atoms with Gasteiger partial charge in [0.15, 0.2) is 5.78 Å². The predicted molar refractivity (Wildman–Crippen MR) is 107 cm³/mol. The fourth-order valence-corrected chi connectivity index (χ4v) is 3.14. The van der Waals surface area contributed by atoms with Crippen LogP contribution in [-0.2, 0) is 24.8 Å². The minimum absolute atomic E-state index is 0.00377. The summed E-state index contributed by atoms with van der Waals surface area (Å²) in [6.45, 7) is 2.48. The van der Waals surface area contributed by atoms with Gasteiger partial charge in [-0.2, -0.15) is 0 Å². The molecule has 5 heteroatoms. The summed E-state index contributed by atoms with van der Waals surface area (Å²) in [6, 6.07) is 15.5. The van der Waals surface area contributed by atoms with E-state index in [0.29, 0.717) is 12.1 Å². The van der Waals surface area contributed by atoms with E-state index in [1.165, 1.54) is 5.56 Å². The quantitative estimate of drug-likeness (QED) is 0.619. The normalized spacial score (nSPS) is 10.9. The van der Waals surface area contributed by atoms with E-state index in [2.05, 4.69) is 17.2 Å². The Balaban J connectivity index is 1.50. The van der Waals surface area contributed by atoms with E-state index in [1.807, 2.05) is 60.1 Å². The number of nitrogens with zero attached hydrogens (tertiary/aromatic N) is 2. The molecular formula is C22H25N3O2. The zero-order chi connectivity index (χ0) is 19.2. The van der Waals surface area contributed by atoms with Crippen LogP contribution >= 0.6 is 0 Å². The first-order valence-electron chi connectivity index (χ1n) is 9.37. The molecule has 0 unspecified atom stereocenters. The number of para-hydroxylation sites is 2. The lowest BCUT2D eigenvalue weighted by atomic mass is 10.0. The largest absolute Gasteiger partial charge is 0.349 e. The minimum atomic E-state index is -0.141. The molecule has 2 aromatic carbocycles. The van der Waals surface area contributed by atoms with Gasteiger partial charge in [-0.05, 0) is 24.1 Å². The molecule has 0 aliphatic carbocycles. The molecule has 0 saturated heterocycles. The molecule has 140 valence electrons. The number of rotatable bonds is 8. The van der Waals surface area contributed by atoms with Crippen molar-refractivity contribution in [2.24, 2.45) is 7.05 Å². The van der Waals surface area contributed by atoms with Crippen molar-refractivity contribution in [1.29, 1.82) is 0 Å². The lowest BCUT2D eigenvalue weighted by molar-refractivity contribution is -0.121. The highest BCUT2D eigenvalue weighted by Crippen LogP contribution is 2.14. The number of hydrogen-bond acceptors (Lipinski definition) is 3. The van der Waals surface area contributed by atoms with Crippen molar-refractivity contribution in [1.82, 2.24) is 14.9 Å². The molecule has 0 saturated carbocycles. The van der Waals surface area contributed by atoms with Crippen LogP contribution < -0.4 is 5.32 Å². The number of nitrogens with one attached hydrogen (secondary N) is 1. The number of imidazole rings is 1. The van der Waals surface area contributed by atoms with E-state index < -0.39 is 0 Å². The van der Waals surface area contributed by atoms with Crippen LogP contribution in [0.5, 0.6) is 0 Å². The molecule has 0 radical (unpaired) electrons. The van der Waals surface area contributed by atoms with Gasteiger partial charge in [0.05, 0.1) is 17.6 Å². The van der Waals surface area contributed by atoms with Gasteiger partial charge in [-0.3, -0.25) is 9.59 Å². The Bertz CT molecular complexity index is 942. The zero-order valence-electron chi connectivity index (χ0n) is 15.9. The van der Waals surface area contributed by atoms with E-state index in [1.54, 1.807) is 0 Å². The molecule has 1 aromatic heterocycles. The fourth-order valence-electron chi connectivity index (χ4n) is 3.14. The van der Waals surface area contributed by atoms with Crippen molar-refractivity contribution in [3.8, 4) is 0 Å². The van der Waals surface area contributed by atoms with E-state index in [0.717, 1.165) is 29.7 Å². The molecule has 0 aliphatic heterocycles. The molecule has 3 aromatic rings. The third kappa shape index (κ3) is 4.61. The van der Waals surface area contributed by atoms with Crippen LogP contribution in [0.1, 0.15) is 47.9 Å². The van der Waals surface area contributed by atoms with Gasteiger partial charge in [0.1, 0.15) is 5.82 Å². The summed E-state index contributed by atoms with van der Waals surface area (Å²) in [6.07, 6.45) is 2.49. The molecule has 0 atom stereocenters. The minimum Gasteiger partial charge on any atom is -0.349 e. The molecule has 1 amide bonds. The van der Waals surface area contributed by atoms with Crippen LogP contribution in [-0.4, -0.2) is 21.2 Å². The lowest BCUT2D eigenvalue weighted by Crippen LogP contribution is -2.24. The molecule has 1 N–H and O–H groups in total. The van der Waals surface area contributed by atoms with Gasteiger partial charge in [0, 0.05) is 25.5 Å². The van der Waals surface area contributed by atoms with E-state index in [4.69, 9.17) is 0 Å². The summed E-state index contributed by atoms with van der Waals surface area (Å²) in [7, 11) is 1.93. The Morgan fingerprint density at radius 3 is 2.48 bits per heavy atom. The highest BCUT2D eigenvalue weighted by Gasteiger charge is 2.11. The van der Waals surface area contributed by atoms with E-state index in [9.17, 15) is 9.59 Å². The zero-order valence-corrected chi connectivity index (χ0v) is 15.9. The molecule has 1 heterocycles. The highest BCUT2D eigenvalue weighted by atomic mass is 16.2. The van der Waals surface area contributed by atoms with Gasteiger partial charge >= 0.3 is 0 Å². The first-order chi connectivity index (χ1) is 13.1. The number of ketones is 1. The number of aromatic nitrogens is 2. The molecule has 0 spiro atoms. The molecule has 0 fully saturated rings. The summed E-state index contributed by atoms with van der Waals surface area (Å²) in [5.74, 6) is 0.649. The second-order valence-corrected chi connectivity index (χ2v) is 6.72. The average molecular weight is 363 g/mol. The van der Waals surface area contributed by atoms with Crippen LogP contribution in [0, 0.1) is 0 Å². The molecule has 0 aliphatic rings. The van der Waals surface area contributed by atoms with Gasteiger partial charge in [-0.15, -0.1) is 0 Å². The maximum atomic E-state index is 12.3. The van der Waals surface area contributed by atoms with Gasteiger partial charge < -0.3 is 9.88 Å². The SMILES string of the molecule is CCCc1ccc(C(=O)CCC(=O)NCc2nc3ccccc3n2C)cc1. The van der Waals surface area contributed by atoms with Crippen LogP contribution in [0.4, 0.5) is 0 Å². The van der Waals surface area contributed by atoms with E-state index in [-0.39, 0.29) is 24.5 Å². The van der Waals surface area contributed by atoms with Crippen molar-refractivity contribution < 1.29 is 9.59 Å². The Hall–Kier alpha value is -2.95. The lowest BCUT2D eigenvalue weighted by Gasteiger charge is -2.06. The monoisotopic (exact) mass is 363 g/mol. The van der Waals surface area contributed by atoms with Crippen molar-refractivity contribution in [2.75, 3.05) is 0 Å². The van der Waals surface area contributed by atoms with Crippen molar-refractivity contribution in [2.45, 2.75) is 39.2 Å². The molecule has 3 rings (SSSR count). The van der Waals surface area contributed by atoms with Crippen LogP contribution in [0.25, 0.3) is 11.0 Å². The number of benzene rings is 2. The molecule has 5 nitrogen and oxygen atoms in total. The number of hydrogen-bond donors (Lipinski definition) is 1. The first kappa shape index (κ1) is 18.8. The maximum absolute atomic E-state index is 12.3. The predicted octanol–water partition coefficient (Wildman–Crippen LogP) is 3.81. The Morgan fingerprint density at radius 2 is 1.78 bits per heavy atom. The van der Waals surface area contributed by atoms with Crippen molar-refractivity contribution in [3.63, 3.8) is 0 Å². The summed E-state index contributed by atoms with van der Waals surface area (Å²) in [5.41, 5.74) is 3.83. The molecule has 0 bridgehead atoms. The third-order valence-corrected chi connectivity index (χ3v) is 4.72. The van der Waals surface area contributed by atoms with Crippen LogP contribution in [0.3, 0.4) is 0 Å². The Kier molecular flexibility index (Phi) is 6.01. The van der Waals surface area contributed by atoms with Gasteiger partial charge in [-0.25, -0.2) is 4.98 Å². The average Bonchev–Trinajstić information content (AvgIpc) is 3.01. The Morgan fingerprint density at radius 1 is 1.04 bits per heavy atom. The molecule has 27 heavy (non-hydrogen) atoms. The van der Waals surface area contributed by atoms with E-state index >= 15 is 0 Å². The topological polar surface area (TPSA) is 64.0 Å². The van der Waals surface area contributed by atoms with Crippen LogP contribution in [0.2, 0.25) is 0 Å². The molecular weight excluding hydrogens is 338 g/mol. The first-order valence-corrected chi connectivity index (χ1v) is 9.37. The van der Waals surface area contributed by atoms with Crippen molar-refractivity contribution in [3.05, 3.63) is 65.5 Å². The standard InChI is InChI=1S/C22H25N3O2/c1-3-6-16-9-11-17(12-10-16)20(26)13-14-22(27)23-15-21-24-18-7-4-5-8-19(18)25(21)2/h4-5,7-12H,3,6,13-15H2,1-2H3,(H,23,27). The summed E-state index contributed by atoms with van der Waals surface area (Å²) in [4.78, 5) is 28.9. The maximum Gasteiger partial charge on any atom is 0.220 e. The van der Waals surface area contributed by atoms with Gasteiger partial charge in [0.2, 0.25) is 5.91 Å². The number of carbonyl (C=O) groups excluding carboxylic acids is 2.